The van der Waals surface area contributed by atoms with Crippen molar-refractivity contribution in [2.45, 2.75) is 0 Å². The minimum Gasteiger partial charge on any atom is -0.872 e. The Hall–Kier alpha value is -4.61. The molecule has 8 rings (SSSR count). The van der Waals surface area contributed by atoms with Crippen LogP contribution < -0.4 is 20.2 Å². The summed E-state index contributed by atoms with van der Waals surface area (Å²) in [6.45, 7) is 0. The van der Waals surface area contributed by atoms with Crippen LogP contribution in [0.5, 0.6) is 11.5 Å². The molecule has 6 aromatic carbocycles. The van der Waals surface area contributed by atoms with Gasteiger partial charge in [0, 0.05) is 11.1 Å². The monoisotopic (exact) mass is 563 g/mol. The molecule has 8 aromatic rings. The molecule has 2 aromatic heterocycles. The van der Waals surface area contributed by atoms with E-state index in [1.807, 2.05) is 48.5 Å². The second kappa shape index (κ2) is 11.1. The molecule has 4 nitrogen and oxygen atoms in total. The fourth-order valence-electron chi connectivity index (χ4n) is 4.98. The van der Waals surface area contributed by atoms with E-state index < -0.39 is 0 Å². The Morgan fingerprint density at radius 3 is 1.27 bits per heavy atom. The first-order valence-electron chi connectivity index (χ1n) is 12.9. The van der Waals surface area contributed by atoms with Crippen LogP contribution in [0.15, 0.2) is 121 Å². The first-order valence-corrected chi connectivity index (χ1v) is 14.5. The Balaban J connectivity index is 0.000000144. The molecule has 7 heteroatoms. The van der Waals surface area contributed by atoms with Crippen LogP contribution in [0.4, 0.5) is 0 Å². The molecule has 2 N–H and O–H groups in total. The van der Waals surface area contributed by atoms with Crippen LogP contribution in [-0.2, 0) is 0 Å². The molecule has 2 heterocycles. The standard InChI is InChI=1S/2C17H11NOS.Be/c2*19-14-8-4-3-7-13(14)17-18-16-12-6-2-1-5-11(12)9-10-15(16)20-17;/h2*1-10,19H;/q;;+2. The van der Waals surface area contributed by atoms with E-state index in [1.165, 1.54) is 30.9 Å². The van der Waals surface area contributed by atoms with Crippen molar-refractivity contribution in [3.63, 3.8) is 0 Å². The predicted octanol–water partition coefficient (Wildman–Crippen LogP) is 6.84. The SMILES string of the molecule is [Be+2].[O-]c1ccccc1-c1[nH+]c2c(ccc3ccccc32)s1.[O-]c1ccccc1-c1[nH+]c2c(ccc3ccccc32)s1. The van der Waals surface area contributed by atoms with Gasteiger partial charge in [0.05, 0.1) is 10.8 Å². The number of hydrogen-bond donors (Lipinski definition) is 0. The van der Waals surface area contributed by atoms with Crippen LogP contribution in [0.25, 0.3) is 63.1 Å². The Kier molecular flexibility index (Phi) is 7.21. The number of nitrogens with one attached hydrogen (secondary N) is 2. The smallest absolute Gasteiger partial charge is 0.872 e. The molecule has 192 valence electrons. The summed E-state index contributed by atoms with van der Waals surface area (Å²) >= 11 is 3.25. The third-order valence-corrected chi connectivity index (χ3v) is 9.12. The molecule has 0 saturated carbocycles. The van der Waals surface area contributed by atoms with Gasteiger partial charge in [0.1, 0.15) is 9.40 Å². The average molecular weight is 564 g/mol. The zero-order valence-corrected chi connectivity index (χ0v) is 23.5. The molecule has 41 heavy (non-hydrogen) atoms. The van der Waals surface area contributed by atoms with Crippen molar-refractivity contribution in [3.05, 3.63) is 121 Å². The molecular formula is C34H22BeN2O2S2+2. The number of rotatable bonds is 2. The topological polar surface area (TPSA) is 74.4 Å². The summed E-state index contributed by atoms with van der Waals surface area (Å²) in [6, 6.07) is 39.3. The summed E-state index contributed by atoms with van der Waals surface area (Å²) in [5.74, 6) is 0.110. The van der Waals surface area contributed by atoms with Crippen molar-refractivity contribution >= 4 is 74.8 Å². The molecule has 0 spiro atoms. The van der Waals surface area contributed by atoms with E-state index in [2.05, 4.69) is 58.5 Å². The second-order valence-electron chi connectivity index (χ2n) is 9.42. The van der Waals surface area contributed by atoms with Crippen LogP contribution in [0, 0.1) is 0 Å². The second-order valence-corrected chi connectivity index (χ2v) is 11.5. The van der Waals surface area contributed by atoms with Gasteiger partial charge in [-0.2, -0.15) is 9.97 Å². The Morgan fingerprint density at radius 2 is 0.829 bits per heavy atom. The Morgan fingerprint density at radius 1 is 0.439 bits per heavy atom. The summed E-state index contributed by atoms with van der Waals surface area (Å²) in [5, 5.41) is 30.5. The largest absolute Gasteiger partial charge is 2.00 e. The van der Waals surface area contributed by atoms with Gasteiger partial charge in [-0.25, -0.2) is 0 Å². The number of fused-ring (bicyclic) bond motifs is 6. The molecular weight excluding hydrogens is 542 g/mol. The van der Waals surface area contributed by atoms with Crippen LogP contribution >= 0.6 is 22.7 Å². The summed E-state index contributed by atoms with van der Waals surface area (Å²) in [7, 11) is 0. The van der Waals surface area contributed by atoms with Gasteiger partial charge in [0.25, 0.3) is 10.0 Å². The van der Waals surface area contributed by atoms with Crippen molar-refractivity contribution in [2.24, 2.45) is 0 Å². The molecule has 0 atom stereocenters. The zero-order valence-electron chi connectivity index (χ0n) is 21.9. The van der Waals surface area contributed by atoms with E-state index >= 15 is 0 Å². The summed E-state index contributed by atoms with van der Waals surface area (Å²) in [5.41, 5.74) is 3.67. The van der Waals surface area contributed by atoms with Gasteiger partial charge >= 0.3 is 10.1 Å². The predicted molar refractivity (Wildman–Crippen MR) is 167 cm³/mol. The first kappa shape index (κ1) is 26.6. The quantitative estimate of drug-likeness (QED) is 0.216. The molecule has 0 aliphatic carbocycles. The van der Waals surface area contributed by atoms with Crippen molar-refractivity contribution in [1.29, 1.82) is 0 Å². The van der Waals surface area contributed by atoms with Gasteiger partial charge in [-0.1, -0.05) is 119 Å². The van der Waals surface area contributed by atoms with Crippen molar-refractivity contribution in [3.8, 4) is 32.6 Å². The molecule has 0 unspecified atom stereocenters. The number of H-pyrrole nitrogens is 2. The van der Waals surface area contributed by atoms with E-state index in [-0.39, 0.29) is 21.6 Å². The molecule has 0 radical (unpaired) electrons. The van der Waals surface area contributed by atoms with E-state index in [1.54, 1.807) is 46.9 Å². The van der Waals surface area contributed by atoms with E-state index in [0.717, 1.165) is 32.2 Å². The van der Waals surface area contributed by atoms with Crippen molar-refractivity contribution < 1.29 is 20.2 Å². The minimum absolute atomic E-state index is 0. The van der Waals surface area contributed by atoms with Crippen molar-refractivity contribution in [1.82, 2.24) is 0 Å². The Bertz CT molecular complexity index is 2020. The summed E-state index contributed by atoms with van der Waals surface area (Å²) in [4.78, 5) is 6.83. The van der Waals surface area contributed by atoms with E-state index in [4.69, 9.17) is 0 Å². The molecule has 0 fully saturated rings. The molecule has 0 amide bonds. The maximum absolute atomic E-state index is 11.9. The maximum atomic E-state index is 11.9. The number of benzene rings is 6. The Labute approximate surface area is 248 Å². The molecule has 0 bridgehead atoms. The molecule has 0 aliphatic heterocycles. The number of aromatic nitrogens is 2. The maximum Gasteiger partial charge on any atom is 2.00 e. The summed E-state index contributed by atoms with van der Waals surface area (Å²) in [6.07, 6.45) is 0. The number of para-hydroxylation sites is 2. The normalized spacial score (nSPS) is 10.9. The fourth-order valence-corrected chi connectivity index (χ4v) is 7.08. The van der Waals surface area contributed by atoms with Gasteiger partial charge in [-0.15, -0.1) is 0 Å². The third kappa shape index (κ3) is 4.94. The van der Waals surface area contributed by atoms with Crippen LogP contribution in [0.3, 0.4) is 0 Å². The third-order valence-electron chi connectivity index (χ3n) is 6.95. The average Bonchev–Trinajstić information content (AvgIpc) is 3.63. The van der Waals surface area contributed by atoms with Crippen LogP contribution in [0.1, 0.15) is 0 Å². The first-order chi connectivity index (χ1) is 19.7. The van der Waals surface area contributed by atoms with Gasteiger partial charge in [0.15, 0.2) is 0 Å². The van der Waals surface area contributed by atoms with Crippen LogP contribution in [-0.4, -0.2) is 10.1 Å². The van der Waals surface area contributed by atoms with Gasteiger partial charge in [-0.05, 0) is 47.2 Å². The van der Waals surface area contributed by atoms with Crippen molar-refractivity contribution in [2.75, 3.05) is 0 Å². The van der Waals surface area contributed by atoms with Gasteiger partial charge in [0.2, 0.25) is 11.0 Å². The van der Waals surface area contributed by atoms with E-state index in [0.29, 0.717) is 0 Å². The minimum atomic E-state index is 0. The van der Waals surface area contributed by atoms with Gasteiger partial charge < -0.3 is 10.2 Å². The fraction of sp³-hybridized carbons (Fsp3) is 0. The van der Waals surface area contributed by atoms with E-state index in [9.17, 15) is 10.2 Å². The van der Waals surface area contributed by atoms with Crippen LogP contribution in [0.2, 0.25) is 0 Å². The molecule has 0 saturated heterocycles. The number of thiazole rings is 2. The zero-order chi connectivity index (χ0) is 27.1. The number of aromatic amines is 2. The summed E-state index contributed by atoms with van der Waals surface area (Å²) < 4.78 is 2.34. The number of hydrogen-bond acceptors (Lipinski definition) is 4. The van der Waals surface area contributed by atoms with Gasteiger partial charge in [-0.3, -0.25) is 0 Å². The molecule has 0 aliphatic rings.